The number of aromatic nitrogens is 4. The number of hydrogen-bond donors (Lipinski definition) is 1. The van der Waals surface area contributed by atoms with Crippen LogP contribution in [0.15, 0.2) is 54.9 Å². The Hall–Kier alpha value is -3.26. The third-order valence-electron chi connectivity index (χ3n) is 3.80. The van der Waals surface area contributed by atoms with Crippen molar-refractivity contribution >= 4 is 23.5 Å². The Kier molecular flexibility index (Phi) is 5.77. The van der Waals surface area contributed by atoms with Gasteiger partial charge in [0.2, 0.25) is 0 Å². The number of hydrogen-bond acceptors (Lipinski definition) is 6. The second kappa shape index (κ2) is 8.41. The lowest BCUT2D eigenvalue weighted by molar-refractivity contribution is -0.124. The van der Waals surface area contributed by atoms with Crippen LogP contribution in [0.5, 0.6) is 0 Å². The van der Waals surface area contributed by atoms with Crippen LogP contribution in [0, 0.1) is 0 Å². The van der Waals surface area contributed by atoms with Crippen molar-refractivity contribution < 1.29 is 14.3 Å². The molecule has 9 heteroatoms. The number of benzene rings is 2. The third-order valence-corrected chi connectivity index (χ3v) is 4.15. The molecule has 1 atom stereocenters. The van der Waals surface area contributed by atoms with E-state index in [9.17, 15) is 9.59 Å². The van der Waals surface area contributed by atoms with E-state index in [4.69, 9.17) is 16.3 Å². The lowest BCUT2D eigenvalue weighted by Crippen LogP contribution is -2.31. The first-order valence-corrected chi connectivity index (χ1v) is 8.47. The Balaban J connectivity index is 1.61. The number of rotatable bonds is 6. The van der Waals surface area contributed by atoms with Gasteiger partial charge in [0.15, 0.2) is 6.61 Å². The number of nitrogens with one attached hydrogen (secondary N) is 1. The van der Waals surface area contributed by atoms with Gasteiger partial charge in [0.05, 0.1) is 17.3 Å². The molecule has 1 heterocycles. The number of para-hydroxylation sites is 1. The molecule has 3 rings (SSSR count). The minimum atomic E-state index is -0.651. The fraction of sp³-hybridized carbons (Fsp3) is 0.167. The zero-order valence-electron chi connectivity index (χ0n) is 14.4. The van der Waals surface area contributed by atoms with Gasteiger partial charge >= 0.3 is 5.97 Å². The van der Waals surface area contributed by atoms with E-state index in [0.717, 1.165) is 5.56 Å². The highest BCUT2D eigenvalue weighted by Crippen LogP contribution is 2.22. The maximum Gasteiger partial charge on any atom is 0.340 e. The molecule has 0 saturated carbocycles. The molecule has 3 aromatic rings. The van der Waals surface area contributed by atoms with Gasteiger partial charge in [-0.25, -0.2) is 4.79 Å². The summed E-state index contributed by atoms with van der Waals surface area (Å²) in [5, 5.41) is 14.2. The van der Waals surface area contributed by atoms with E-state index < -0.39 is 18.5 Å². The molecule has 27 heavy (non-hydrogen) atoms. The average Bonchev–Trinajstić information content (AvgIpc) is 3.21. The smallest absolute Gasteiger partial charge is 0.340 e. The number of amides is 1. The van der Waals surface area contributed by atoms with E-state index in [0.29, 0.717) is 10.7 Å². The molecule has 1 N–H and O–H groups in total. The van der Waals surface area contributed by atoms with Gasteiger partial charge in [0, 0.05) is 5.02 Å². The van der Waals surface area contributed by atoms with E-state index >= 15 is 0 Å². The molecule has 0 aliphatic carbocycles. The third kappa shape index (κ3) is 4.48. The van der Waals surface area contributed by atoms with Gasteiger partial charge in [-0.1, -0.05) is 41.9 Å². The zero-order chi connectivity index (χ0) is 19.2. The lowest BCUT2D eigenvalue weighted by atomic mass is 10.1. The van der Waals surface area contributed by atoms with Crippen LogP contribution in [0.4, 0.5) is 0 Å². The first-order chi connectivity index (χ1) is 13.1. The molecule has 0 radical (unpaired) electrons. The van der Waals surface area contributed by atoms with Gasteiger partial charge in [0.1, 0.15) is 6.33 Å². The van der Waals surface area contributed by atoms with E-state index in [1.807, 2.05) is 18.2 Å². The van der Waals surface area contributed by atoms with E-state index in [1.165, 1.54) is 11.0 Å². The standard InChI is InChI=1S/C18H16ClN5O3/c1-12(13-6-2-4-8-15(13)19)21-17(25)10-27-18(26)14-7-3-5-9-16(14)24-11-20-22-23-24/h2-9,11-12H,10H2,1H3,(H,21,25)/t12-/m0/s1. The number of tetrazole rings is 1. The second-order valence-electron chi connectivity index (χ2n) is 5.66. The molecule has 0 bridgehead atoms. The molecule has 138 valence electrons. The van der Waals surface area contributed by atoms with Crippen molar-refractivity contribution in [2.75, 3.05) is 6.61 Å². The monoisotopic (exact) mass is 385 g/mol. The normalized spacial score (nSPS) is 11.6. The van der Waals surface area contributed by atoms with Crippen molar-refractivity contribution in [1.29, 1.82) is 0 Å². The van der Waals surface area contributed by atoms with Crippen LogP contribution in [-0.4, -0.2) is 38.7 Å². The Bertz CT molecular complexity index is 946. The van der Waals surface area contributed by atoms with Gasteiger partial charge in [-0.2, -0.15) is 4.68 Å². The summed E-state index contributed by atoms with van der Waals surface area (Å²) in [6.45, 7) is 1.38. The molecule has 8 nitrogen and oxygen atoms in total. The summed E-state index contributed by atoms with van der Waals surface area (Å²) in [7, 11) is 0. The first-order valence-electron chi connectivity index (χ1n) is 8.09. The Morgan fingerprint density at radius 3 is 2.67 bits per heavy atom. The number of carbonyl (C=O) groups is 2. The fourth-order valence-electron chi connectivity index (χ4n) is 2.51. The van der Waals surface area contributed by atoms with Crippen molar-refractivity contribution in [3.8, 4) is 5.69 Å². The summed E-state index contributed by atoms with van der Waals surface area (Å²) < 4.78 is 6.47. The van der Waals surface area contributed by atoms with Crippen LogP contribution in [0.1, 0.15) is 28.9 Å². The van der Waals surface area contributed by atoms with Gasteiger partial charge in [0.25, 0.3) is 5.91 Å². The maximum absolute atomic E-state index is 12.4. The quantitative estimate of drug-likeness (QED) is 0.654. The van der Waals surface area contributed by atoms with E-state index in [2.05, 4.69) is 20.8 Å². The molecule has 0 spiro atoms. The maximum atomic E-state index is 12.4. The molecule has 0 aliphatic heterocycles. The molecule has 2 aromatic carbocycles. The summed E-state index contributed by atoms with van der Waals surface area (Å²) in [5.74, 6) is -1.09. The van der Waals surface area contributed by atoms with E-state index in [-0.39, 0.29) is 11.6 Å². The summed E-state index contributed by atoms with van der Waals surface area (Å²) in [6.07, 6.45) is 1.37. The zero-order valence-corrected chi connectivity index (χ0v) is 15.1. The van der Waals surface area contributed by atoms with Gasteiger partial charge < -0.3 is 10.1 Å². The predicted molar refractivity (Wildman–Crippen MR) is 97.4 cm³/mol. The topological polar surface area (TPSA) is 99.0 Å². The van der Waals surface area contributed by atoms with Crippen molar-refractivity contribution in [3.63, 3.8) is 0 Å². The number of carbonyl (C=O) groups excluding carboxylic acids is 2. The van der Waals surface area contributed by atoms with Crippen molar-refractivity contribution in [1.82, 2.24) is 25.5 Å². The molecule has 0 aliphatic rings. The minimum Gasteiger partial charge on any atom is -0.452 e. The lowest BCUT2D eigenvalue weighted by Gasteiger charge is -2.16. The molecular formula is C18H16ClN5O3. The number of halogens is 1. The Morgan fingerprint density at radius 2 is 1.93 bits per heavy atom. The SMILES string of the molecule is C[C@H](NC(=O)COC(=O)c1ccccc1-n1cnnn1)c1ccccc1Cl. The molecule has 0 saturated heterocycles. The van der Waals surface area contributed by atoms with E-state index in [1.54, 1.807) is 37.3 Å². The van der Waals surface area contributed by atoms with Gasteiger partial charge in [-0.3, -0.25) is 4.79 Å². The Labute approximate surface area is 160 Å². The minimum absolute atomic E-state index is 0.247. The fourth-order valence-corrected chi connectivity index (χ4v) is 2.81. The van der Waals surface area contributed by atoms with Crippen molar-refractivity contribution in [2.24, 2.45) is 0 Å². The molecule has 0 unspecified atom stereocenters. The van der Waals surface area contributed by atoms with Crippen LogP contribution in [0.25, 0.3) is 5.69 Å². The van der Waals surface area contributed by atoms with Crippen molar-refractivity contribution in [2.45, 2.75) is 13.0 Å². The molecule has 1 amide bonds. The predicted octanol–water partition coefficient (Wildman–Crippen LogP) is 2.35. The Morgan fingerprint density at radius 1 is 1.19 bits per heavy atom. The number of esters is 1. The summed E-state index contributed by atoms with van der Waals surface area (Å²) in [5.41, 5.74) is 1.48. The first kappa shape index (κ1) is 18.5. The van der Waals surface area contributed by atoms with Crippen molar-refractivity contribution in [3.05, 3.63) is 71.0 Å². The summed E-state index contributed by atoms with van der Waals surface area (Å²) in [4.78, 5) is 24.5. The van der Waals surface area contributed by atoms with Gasteiger partial charge in [-0.05, 0) is 41.1 Å². The van der Waals surface area contributed by atoms with Crippen LogP contribution < -0.4 is 5.32 Å². The second-order valence-corrected chi connectivity index (χ2v) is 6.07. The molecule has 1 aromatic heterocycles. The van der Waals surface area contributed by atoms with Crippen LogP contribution in [0.2, 0.25) is 5.02 Å². The van der Waals surface area contributed by atoms with Crippen LogP contribution >= 0.6 is 11.6 Å². The highest BCUT2D eigenvalue weighted by atomic mass is 35.5. The highest BCUT2D eigenvalue weighted by Gasteiger charge is 2.17. The van der Waals surface area contributed by atoms with Gasteiger partial charge in [-0.15, -0.1) is 5.10 Å². The van der Waals surface area contributed by atoms with Crippen LogP contribution in [-0.2, 0) is 9.53 Å². The largest absolute Gasteiger partial charge is 0.452 e. The van der Waals surface area contributed by atoms with Crippen LogP contribution in [0.3, 0.4) is 0 Å². The summed E-state index contributed by atoms with van der Waals surface area (Å²) in [6, 6.07) is 13.6. The number of nitrogens with zero attached hydrogens (tertiary/aromatic N) is 4. The number of ether oxygens (including phenoxy) is 1. The summed E-state index contributed by atoms with van der Waals surface area (Å²) >= 11 is 6.12. The average molecular weight is 386 g/mol. The highest BCUT2D eigenvalue weighted by molar-refractivity contribution is 6.31. The molecular weight excluding hydrogens is 370 g/mol. The molecule has 0 fully saturated rings.